The molecule has 0 heterocycles. The molecule has 1 unspecified atom stereocenters. The predicted molar refractivity (Wildman–Crippen MR) is 79.8 cm³/mol. The Hall–Kier alpha value is 0.0769. The van der Waals surface area contributed by atoms with Crippen LogP contribution < -0.4 is 0 Å². The second-order valence-electron chi connectivity index (χ2n) is 4.89. The van der Waals surface area contributed by atoms with Gasteiger partial charge in [-0.1, -0.05) is 12.0 Å². The fraction of sp³-hybridized carbons (Fsp3) is 0.909. The van der Waals surface area contributed by atoms with E-state index in [4.69, 9.17) is 13.3 Å². The zero-order valence-corrected chi connectivity index (χ0v) is 14.4. The van der Waals surface area contributed by atoms with Crippen LogP contribution in [-0.4, -0.2) is 72.7 Å². The Bertz CT molecular complexity index is 247. The lowest BCUT2D eigenvalue weighted by atomic mass is 10.4. The zero-order valence-electron chi connectivity index (χ0n) is 12.6. The molecule has 0 aliphatic carbocycles. The summed E-state index contributed by atoms with van der Waals surface area (Å²) < 4.78 is 16.7. The van der Waals surface area contributed by atoms with Crippen LogP contribution in [0.2, 0.25) is 0 Å². The van der Waals surface area contributed by atoms with E-state index in [0.29, 0.717) is 9.84 Å². The fourth-order valence-corrected chi connectivity index (χ4v) is 5.27. The van der Waals surface area contributed by atoms with Gasteiger partial charge in [0.1, 0.15) is 0 Å². The maximum Gasteiger partial charge on any atom is 0.510 e. The first kappa shape index (κ1) is 18.1. The number of quaternary nitrogens is 1. The van der Waals surface area contributed by atoms with E-state index in [2.05, 4.69) is 12.0 Å². The molecule has 0 saturated heterocycles. The van der Waals surface area contributed by atoms with E-state index in [0.717, 1.165) is 11.8 Å². The standard InChI is InChI=1S/C11H27N2O3SSi/c1-11(8-9-12-13(2,3)4)17-10-18(14-5,15-6)16-7/h9,11H,8,10H2,1-7H3/q+1. The number of rotatable bonds is 9. The zero-order chi connectivity index (χ0) is 14.2. The molecule has 0 rings (SSSR count). The van der Waals surface area contributed by atoms with Crippen molar-refractivity contribution >= 4 is 26.8 Å². The minimum atomic E-state index is -2.44. The van der Waals surface area contributed by atoms with Crippen molar-refractivity contribution in [2.45, 2.75) is 18.6 Å². The molecule has 1 atom stereocenters. The molecule has 0 aliphatic rings. The van der Waals surface area contributed by atoms with Gasteiger partial charge in [0.2, 0.25) is 0 Å². The van der Waals surface area contributed by atoms with Crippen molar-refractivity contribution in [3.63, 3.8) is 0 Å². The van der Waals surface area contributed by atoms with Crippen molar-refractivity contribution in [2.75, 3.05) is 47.8 Å². The van der Waals surface area contributed by atoms with Gasteiger partial charge in [-0.25, -0.2) is 4.59 Å². The summed E-state index contributed by atoms with van der Waals surface area (Å²) >= 11 is 1.80. The van der Waals surface area contributed by atoms with Crippen LogP contribution in [0, 0.1) is 0 Å². The van der Waals surface area contributed by atoms with E-state index >= 15 is 0 Å². The van der Waals surface area contributed by atoms with Gasteiger partial charge in [0, 0.05) is 26.6 Å². The van der Waals surface area contributed by atoms with Crippen molar-refractivity contribution in [1.29, 1.82) is 0 Å². The smallest absolute Gasteiger partial charge is 0.376 e. The summed E-state index contributed by atoms with van der Waals surface area (Å²) in [4.78, 5) is 0. The average Bonchev–Trinajstić information content (AvgIpc) is 2.30. The van der Waals surface area contributed by atoms with Crippen molar-refractivity contribution in [2.24, 2.45) is 5.10 Å². The SMILES string of the molecule is CO[Si](CSC(C)CC=N[N+](C)(C)C)(OC)OC. The third-order valence-corrected chi connectivity index (χ3v) is 7.05. The largest absolute Gasteiger partial charge is 0.510 e. The normalized spacial score (nSPS) is 15.3. The highest BCUT2D eigenvalue weighted by molar-refractivity contribution is 8.01. The third-order valence-electron chi connectivity index (χ3n) is 2.34. The second-order valence-corrected chi connectivity index (χ2v) is 9.78. The molecular weight excluding hydrogens is 268 g/mol. The highest BCUT2D eigenvalue weighted by Crippen LogP contribution is 2.20. The lowest BCUT2D eigenvalue weighted by Gasteiger charge is -2.25. The van der Waals surface area contributed by atoms with E-state index < -0.39 is 8.80 Å². The molecule has 0 spiro atoms. The number of hydrogen-bond acceptors (Lipinski definition) is 5. The summed E-state index contributed by atoms with van der Waals surface area (Å²) in [6, 6.07) is 0. The van der Waals surface area contributed by atoms with Gasteiger partial charge < -0.3 is 13.3 Å². The molecular formula is C11H27N2O3SSi+. The maximum absolute atomic E-state index is 5.38. The molecule has 0 aromatic carbocycles. The van der Waals surface area contributed by atoms with Crippen LogP contribution in [0.1, 0.15) is 13.3 Å². The maximum atomic E-state index is 5.38. The molecule has 0 radical (unpaired) electrons. The van der Waals surface area contributed by atoms with Gasteiger partial charge in [0.15, 0.2) is 0 Å². The van der Waals surface area contributed by atoms with E-state index in [1.807, 2.05) is 27.4 Å². The highest BCUT2D eigenvalue weighted by Gasteiger charge is 2.38. The Kier molecular flexibility index (Phi) is 8.32. The first-order valence-electron chi connectivity index (χ1n) is 5.91. The Morgan fingerprint density at radius 2 is 1.67 bits per heavy atom. The van der Waals surface area contributed by atoms with Gasteiger partial charge in [-0.05, 0) is 6.42 Å². The van der Waals surface area contributed by atoms with Crippen LogP contribution in [0.3, 0.4) is 0 Å². The summed E-state index contributed by atoms with van der Waals surface area (Å²) in [6.45, 7) is 2.17. The molecule has 0 fully saturated rings. The summed E-state index contributed by atoms with van der Waals surface area (Å²) in [7, 11) is 8.59. The molecule has 18 heavy (non-hydrogen) atoms. The van der Waals surface area contributed by atoms with Gasteiger partial charge in [-0.15, -0.1) is 0 Å². The molecule has 108 valence electrons. The van der Waals surface area contributed by atoms with Crippen LogP contribution in [0.25, 0.3) is 0 Å². The summed E-state index contributed by atoms with van der Waals surface area (Å²) in [5.41, 5.74) is 0. The Labute approximate surface area is 116 Å². The van der Waals surface area contributed by atoms with Crippen molar-refractivity contribution < 1.29 is 17.9 Å². The van der Waals surface area contributed by atoms with Crippen LogP contribution >= 0.6 is 11.8 Å². The van der Waals surface area contributed by atoms with Gasteiger partial charge in [0.25, 0.3) is 0 Å². The molecule has 0 N–H and O–H groups in total. The van der Waals surface area contributed by atoms with E-state index in [1.165, 1.54) is 0 Å². The number of hydrogen-bond donors (Lipinski definition) is 0. The van der Waals surface area contributed by atoms with Gasteiger partial charge in [0.05, 0.1) is 32.7 Å². The number of nitrogens with zero attached hydrogens (tertiary/aromatic N) is 2. The molecule has 0 amide bonds. The predicted octanol–water partition coefficient (Wildman–Crippen LogP) is 1.61. The van der Waals surface area contributed by atoms with Crippen LogP contribution in [-0.2, 0) is 13.3 Å². The van der Waals surface area contributed by atoms with E-state index in [1.54, 1.807) is 33.1 Å². The third kappa shape index (κ3) is 7.50. The Morgan fingerprint density at radius 3 is 2.06 bits per heavy atom. The fourth-order valence-electron chi connectivity index (χ4n) is 1.18. The number of thioether (sulfide) groups is 1. The molecule has 7 heteroatoms. The van der Waals surface area contributed by atoms with Crippen molar-refractivity contribution in [3.8, 4) is 0 Å². The highest BCUT2D eigenvalue weighted by atomic mass is 32.2. The lowest BCUT2D eigenvalue weighted by Crippen LogP contribution is -2.46. The molecule has 0 aromatic heterocycles. The van der Waals surface area contributed by atoms with Gasteiger partial charge in [-0.2, -0.15) is 11.8 Å². The molecule has 5 nitrogen and oxygen atoms in total. The summed E-state index contributed by atoms with van der Waals surface area (Å²) in [5.74, 6) is 0. The summed E-state index contributed by atoms with van der Waals surface area (Å²) in [6.07, 6.45) is 2.91. The minimum Gasteiger partial charge on any atom is -0.376 e. The first-order valence-corrected chi connectivity index (χ1v) is 8.89. The molecule has 0 bridgehead atoms. The Morgan fingerprint density at radius 1 is 1.17 bits per heavy atom. The minimum absolute atomic E-state index is 0.465. The quantitative estimate of drug-likeness (QED) is 0.280. The van der Waals surface area contributed by atoms with Crippen LogP contribution in [0.15, 0.2) is 5.10 Å². The Balaban J connectivity index is 4.10. The topological polar surface area (TPSA) is 40.0 Å². The van der Waals surface area contributed by atoms with Crippen LogP contribution in [0.5, 0.6) is 0 Å². The van der Waals surface area contributed by atoms with Gasteiger partial charge >= 0.3 is 8.80 Å². The first-order chi connectivity index (χ1) is 8.28. The second kappa shape index (κ2) is 8.29. The van der Waals surface area contributed by atoms with Crippen LogP contribution in [0.4, 0.5) is 0 Å². The van der Waals surface area contributed by atoms with Gasteiger partial charge in [-0.3, -0.25) is 0 Å². The molecule has 0 saturated carbocycles. The molecule has 0 aliphatic heterocycles. The van der Waals surface area contributed by atoms with Crippen molar-refractivity contribution in [3.05, 3.63) is 0 Å². The monoisotopic (exact) mass is 295 g/mol. The molecule has 0 aromatic rings. The lowest BCUT2D eigenvalue weighted by molar-refractivity contribution is -0.876. The summed E-state index contributed by atoms with van der Waals surface area (Å²) in [5, 5.41) is 5.64. The van der Waals surface area contributed by atoms with E-state index in [-0.39, 0.29) is 0 Å². The van der Waals surface area contributed by atoms with E-state index in [9.17, 15) is 0 Å². The van der Waals surface area contributed by atoms with Crippen molar-refractivity contribution in [1.82, 2.24) is 0 Å². The average molecular weight is 296 g/mol.